The van der Waals surface area contributed by atoms with E-state index in [0.29, 0.717) is 5.69 Å². The summed E-state index contributed by atoms with van der Waals surface area (Å²) in [7, 11) is 0. The molecule has 9 nitrogen and oxygen atoms in total. The molecule has 1 unspecified atom stereocenters. The third kappa shape index (κ3) is 2.99. The van der Waals surface area contributed by atoms with E-state index in [1.165, 1.54) is 11.6 Å². The van der Waals surface area contributed by atoms with E-state index in [4.69, 9.17) is 4.74 Å². The van der Waals surface area contributed by atoms with Crippen molar-refractivity contribution in [1.29, 1.82) is 0 Å². The Hall–Kier alpha value is -3.36. The predicted molar refractivity (Wildman–Crippen MR) is 92.0 cm³/mol. The molecule has 0 spiro atoms. The fourth-order valence-electron chi connectivity index (χ4n) is 2.64. The fraction of sp³-hybridized carbons (Fsp3) is 0.294. The Morgan fingerprint density at radius 2 is 2.08 bits per heavy atom. The Labute approximate surface area is 148 Å². The maximum atomic E-state index is 12.7. The molecule has 0 N–H and O–H groups in total. The molecule has 0 saturated heterocycles. The average molecular weight is 355 g/mol. The first-order valence-electron chi connectivity index (χ1n) is 8.00. The molecule has 134 valence electrons. The lowest BCUT2D eigenvalue weighted by atomic mass is 10.2. The van der Waals surface area contributed by atoms with Gasteiger partial charge in [-0.1, -0.05) is 17.3 Å². The number of fused-ring (bicyclic) bond motifs is 1. The molecule has 2 aromatic heterocycles. The predicted octanol–water partition coefficient (Wildman–Crippen LogP) is 0.979. The second-order valence-corrected chi connectivity index (χ2v) is 5.73. The minimum atomic E-state index is -1.40. The molecule has 0 radical (unpaired) electrons. The average Bonchev–Trinajstić information content (AvgIpc) is 3.02. The molecular weight excluding hydrogens is 338 g/mol. The van der Waals surface area contributed by atoms with Gasteiger partial charge in [0.2, 0.25) is 0 Å². The lowest BCUT2D eigenvalue weighted by molar-refractivity contribution is -0.150. The molecule has 0 fully saturated rings. The molecule has 0 saturated carbocycles. The van der Waals surface area contributed by atoms with E-state index in [9.17, 15) is 14.4 Å². The van der Waals surface area contributed by atoms with Crippen LogP contribution in [0.3, 0.4) is 0 Å². The van der Waals surface area contributed by atoms with Gasteiger partial charge in [-0.05, 0) is 38.5 Å². The molecule has 0 aliphatic carbocycles. The highest BCUT2D eigenvalue weighted by atomic mass is 16.5. The van der Waals surface area contributed by atoms with Crippen molar-refractivity contribution in [3.63, 3.8) is 0 Å². The number of aromatic nitrogens is 5. The van der Waals surface area contributed by atoms with E-state index in [1.54, 1.807) is 6.92 Å². The Morgan fingerprint density at radius 3 is 2.73 bits per heavy atom. The number of aryl methyl sites for hydroxylation is 1. The van der Waals surface area contributed by atoms with Gasteiger partial charge in [0.15, 0.2) is 23.0 Å². The molecule has 9 heteroatoms. The van der Waals surface area contributed by atoms with Gasteiger partial charge in [-0.3, -0.25) is 14.2 Å². The van der Waals surface area contributed by atoms with Crippen LogP contribution in [0.15, 0.2) is 35.4 Å². The highest BCUT2D eigenvalue weighted by molar-refractivity contribution is 6.00. The van der Waals surface area contributed by atoms with Crippen LogP contribution in [-0.4, -0.2) is 42.9 Å². The van der Waals surface area contributed by atoms with Crippen molar-refractivity contribution in [2.45, 2.75) is 26.8 Å². The van der Waals surface area contributed by atoms with Crippen molar-refractivity contribution in [1.82, 2.24) is 24.5 Å². The third-order valence-corrected chi connectivity index (χ3v) is 3.81. The molecule has 3 aromatic rings. The summed E-state index contributed by atoms with van der Waals surface area (Å²) in [4.78, 5) is 40.9. The van der Waals surface area contributed by atoms with Gasteiger partial charge in [0.25, 0.3) is 5.56 Å². The van der Waals surface area contributed by atoms with Gasteiger partial charge in [-0.2, -0.15) is 4.68 Å². The van der Waals surface area contributed by atoms with Crippen LogP contribution in [0, 0.1) is 6.92 Å². The molecule has 0 aliphatic rings. The van der Waals surface area contributed by atoms with Gasteiger partial charge in [-0.25, -0.2) is 9.78 Å². The summed E-state index contributed by atoms with van der Waals surface area (Å²) in [6, 6.07) is 6.07. The number of hydrogen-bond acceptors (Lipinski definition) is 7. The number of esters is 1. The van der Waals surface area contributed by atoms with Crippen LogP contribution in [-0.2, 0) is 14.3 Å². The fourth-order valence-corrected chi connectivity index (χ4v) is 2.64. The summed E-state index contributed by atoms with van der Waals surface area (Å²) in [6.45, 7) is 4.85. The summed E-state index contributed by atoms with van der Waals surface area (Å²) < 4.78 is 7.25. The second-order valence-electron chi connectivity index (χ2n) is 5.73. The van der Waals surface area contributed by atoms with Gasteiger partial charge in [-0.15, -0.1) is 5.10 Å². The van der Waals surface area contributed by atoms with Crippen LogP contribution in [0.4, 0.5) is 0 Å². The summed E-state index contributed by atoms with van der Waals surface area (Å²) in [5.74, 6) is -1.34. The Kier molecular flexibility index (Phi) is 4.61. The van der Waals surface area contributed by atoms with Crippen molar-refractivity contribution in [2.75, 3.05) is 6.61 Å². The van der Waals surface area contributed by atoms with Crippen LogP contribution < -0.4 is 5.56 Å². The van der Waals surface area contributed by atoms with Gasteiger partial charge in [0.1, 0.15) is 6.33 Å². The van der Waals surface area contributed by atoms with E-state index < -0.39 is 23.4 Å². The lowest BCUT2D eigenvalue weighted by Crippen LogP contribution is -2.35. The van der Waals surface area contributed by atoms with E-state index in [1.807, 2.05) is 31.2 Å². The van der Waals surface area contributed by atoms with E-state index in [0.717, 1.165) is 16.5 Å². The monoisotopic (exact) mass is 355 g/mol. The number of carbonyl (C=O) groups is 2. The number of ketones is 1. The van der Waals surface area contributed by atoms with E-state index in [-0.39, 0.29) is 17.8 Å². The SMILES string of the molecule is CCOC(=O)C(C(C)=O)n1cnc2c(nnn2-c2cccc(C)c2)c1=O. The summed E-state index contributed by atoms with van der Waals surface area (Å²) in [5, 5.41) is 7.87. The standard InChI is InChI=1S/C17H17N5O4/c1-4-26-17(25)14(11(3)23)21-9-18-15-13(16(21)24)19-20-22(15)12-7-5-6-10(2)8-12/h5-9,14H,4H2,1-3H3. The summed E-state index contributed by atoms with van der Waals surface area (Å²) >= 11 is 0. The van der Waals surface area contributed by atoms with Crippen molar-refractivity contribution >= 4 is 22.9 Å². The zero-order valence-electron chi connectivity index (χ0n) is 14.5. The van der Waals surface area contributed by atoms with Crippen LogP contribution in [0.2, 0.25) is 0 Å². The topological polar surface area (TPSA) is 109 Å². The van der Waals surface area contributed by atoms with Gasteiger partial charge in [0, 0.05) is 0 Å². The van der Waals surface area contributed by atoms with Gasteiger partial charge < -0.3 is 4.74 Å². The molecule has 0 aliphatic heterocycles. The molecule has 0 amide bonds. The number of hydrogen-bond donors (Lipinski definition) is 0. The van der Waals surface area contributed by atoms with Crippen LogP contribution in [0.1, 0.15) is 25.5 Å². The van der Waals surface area contributed by atoms with Crippen LogP contribution in [0.25, 0.3) is 16.9 Å². The minimum absolute atomic E-state index is 0.0374. The minimum Gasteiger partial charge on any atom is -0.464 e. The summed E-state index contributed by atoms with van der Waals surface area (Å²) in [5.41, 5.74) is 1.28. The van der Waals surface area contributed by atoms with Gasteiger partial charge >= 0.3 is 5.97 Å². The van der Waals surface area contributed by atoms with Gasteiger partial charge in [0.05, 0.1) is 12.3 Å². The molecule has 1 atom stereocenters. The highest BCUT2D eigenvalue weighted by Gasteiger charge is 2.29. The van der Waals surface area contributed by atoms with Crippen molar-refractivity contribution in [2.24, 2.45) is 0 Å². The number of ether oxygens (including phenoxy) is 1. The van der Waals surface area contributed by atoms with E-state index in [2.05, 4.69) is 15.3 Å². The lowest BCUT2D eigenvalue weighted by Gasteiger charge is -2.14. The maximum Gasteiger partial charge on any atom is 0.337 e. The summed E-state index contributed by atoms with van der Waals surface area (Å²) in [6.07, 6.45) is 1.14. The molecule has 26 heavy (non-hydrogen) atoms. The number of rotatable bonds is 5. The quantitative estimate of drug-likeness (QED) is 0.496. The Balaban J connectivity index is 2.14. The zero-order valence-corrected chi connectivity index (χ0v) is 14.5. The third-order valence-electron chi connectivity index (χ3n) is 3.81. The van der Waals surface area contributed by atoms with Crippen LogP contribution in [0.5, 0.6) is 0 Å². The zero-order chi connectivity index (χ0) is 18.8. The van der Waals surface area contributed by atoms with Crippen molar-refractivity contribution in [3.05, 3.63) is 46.5 Å². The molecular formula is C17H17N5O4. The Bertz CT molecular complexity index is 1050. The maximum absolute atomic E-state index is 12.7. The first-order valence-corrected chi connectivity index (χ1v) is 8.00. The first-order chi connectivity index (χ1) is 12.4. The number of Topliss-reactive ketones (excluding diaryl/α,β-unsaturated/α-hetero) is 1. The largest absolute Gasteiger partial charge is 0.464 e. The van der Waals surface area contributed by atoms with E-state index >= 15 is 0 Å². The van der Waals surface area contributed by atoms with Crippen LogP contribution >= 0.6 is 0 Å². The normalized spacial score (nSPS) is 12.1. The molecule has 1 aromatic carbocycles. The smallest absolute Gasteiger partial charge is 0.337 e. The molecule has 2 heterocycles. The second kappa shape index (κ2) is 6.87. The first kappa shape index (κ1) is 17.5. The number of carbonyl (C=O) groups excluding carboxylic acids is 2. The molecule has 0 bridgehead atoms. The highest BCUT2D eigenvalue weighted by Crippen LogP contribution is 2.15. The Morgan fingerprint density at radius 1 is 1.31 bits per heavy atom. The molecule has 3 rings (SSSR count). The number of benzene rings is 1. The van der Waals surface area contributed by atoms with Crippen molar-refractivity contribution in [3.8, 4) is 5.69 Å². The number of nitrogens with zero attached hydrogens (tertiary/aromatic N) is 5. The van der Waals surface area contributed by atoms with Crippen molar-refractivity contribution < 1.29 is 14.3 Å².